The molecule has 0 bridgehead atoms. The number of ketones is 2. The van der Waals surface area contributed by atoms with Crippen LogP contribution in [0.25, 0.3) is 6.08 Å². The lowest BCUT2D eigenvalue weighted by molar-refractivity contribution is 0.0990. The first-order chi connectivity index (χ1) is 8.66. The van der Waals surface area contributed by atoms with Crippen molar-refractivity contribution in [3.05, 3.63) is 62.3 Å². The number of halogens is 1. The van der Waals surface area contributed by atoms with Crippen molar-refractivity contribution >= 4 is 40.6 Å². The highest BCUT2D eigenvalue weighted by Crippen LogP contribution is 2.30. The number of hydrogen-bond acceptors (Lipinski definition) is 3. The van der Waals surface area contributed by atoms with Crippen molar-refractivity contribution in [3.8, 4) is 0 Å². The van der Waals surface area contributed by atoms with Gasteiger partial charge in [0.1, 0.15) is 0 Å². The van der Waals surface area contributed by atoms with Gasteiger partial charge in [0.2, 0.25) is 0 Å². The van der Waals surface area contributed by atoms with Crippen LogP contribution in [0.4, 0.5) is 0 Å². The molecule has 0 unspecified atom stereocenters. The second kappa shape index (κ2) is 4.19. The van der Waals surface area contributed by atoms with Crippen LogP contribution >= 0.6 is 22.9 Å². The largest absolute Gasteiger partial charge is 0.288 e. The number of allylic oxidation sites excluding steroid dienone is 1. The molecule has 1 aromatic heterocycles. The van der Waals surface area contributed by atoms with Crippen molar-refractivity contribution in [2.75, 3.05) is 0 Å². The first-order valence-corrected chi connectivity index (χ1v) is 6.52. The lowest BCUT2D eigenvalue weighted by atomic mass is 10.1. The molecular formula is C14H7ClO2S. The van der Waals surface area contributed by atoms with Crippen LogP contribution in [0.5, 0.6) is 0 Å². The topological polar surface area (TPSA) is 34.1 Å². The number of carbonyl (C=O) groups excluding carboxylic acids is 2. The van der Waals surface area contributed by atoms with Crippen molar-refractivity contribution in [2.24, 2.45) is 0 Å². The van der Waals surface area contributed by atoms with Crippen molar-refractivity contribution in [1.29, 1.82) is 0 Å². The maximum Gasteiger partial charge on any atom is 0.197 e. The van der Waals surface area contributed by atoms with E-state index in [-0.39, 0.29) is 17.1 Å². The molecule has 0 saturated heterocycles. The molecule has 0 aliphatic heterocycles. The zero-order valence-corrected chi connectivity index (χ0v) is 10.7. The van der Waals surface area contributed by atoms with Gasteiger partial charge in [-0.15, -0.1) is 11.3 Å². The monoisotopic (exact) mass is 274 g/mol. The summed E-state index contributed by atoms with van der Waals surface area (Å²) in [7, 11) is 0. The Bertz CT molecular complexity index is 660. The van der Waals surface area contributed by atoms with Gasteiger partial charge in [0.05, 0.1) is 9.91 Å². The van der Waals surface area contributed by atoms with E-state index < -0.39 is 0 Å². The molecule has 0 atom stereocenters. The summed E-state index contributed by atoms with van der Waals surface area (Å²) in [6.07, 6.45) is 1.61. The Hall–Kier alpha value is -1.71. The van der Waals surface area contributed by atoms with Crippen LogP contribution < -0.4 is 0 Å². The van der Waals surface area contributed by atoms with Gasteiger partial charge in [-0.05, 0) is 18.2 Å². The average molecular weight is 275 g/mol. The second-order valence-corrected chi connectivity index (χ2v) is 5.65. The minimum absolute atomic E-state index is 0.208. The summed E-state index contributed by atoms with van der Waals surface area (Å²) in [5.41, 5.74) is 1.18. The summed E-state index contributed by atoms with van der Waals surface area (Å²) in [5, 5.41) is 0. The van der Waals surface area contributed by atoms with E-state index in [0.717, 1.165) is 4.88 Å². The fraction of sp³-hybridized carbons (Fsp3) is 0. The van der Waals surface area contributed by atoms with Crippen LogP contribution in [0, 0.1) is 0 Å². The average Bonchev–Trinajstić information content (AvgIpc) is 2.88. The van der Waals surface area contributed by atoms with E-state index in [1.165, 1.54) is 11.3 Å². The summed E-state index contributed by atoms with van der Waals surface area (Å²) >= 11 is 7.17. The van der Waals surface area contributed by atoms with Crippen LogP contribution in [0.3, 0.4) is 0 Å². The fourth-order valence-electron chi connectivity index (χ4n) is 1.95. The Morgan fingerprint density at radius 3 is 2.06 bits per heavy atom. The van der Waals surface area contributed by atoms with Crippen LogP contribution in [0.2, 0.25) is 4.34 Å². The molecule has 1 heterocycles. The fourth-order valence-corrected chi connectivity index (χ4v) is 2.96. The molecule has 0 radical (unpaired) electrons. The number of carbonyl (C=O) groups is 2. The predicted octanol–water partition coefficient (Wildman–Crippen LogP) is 3.86. The number of benzene rings is 1. The molecule has 3 rings (SSSR count). The highest BCUT2D eigenvalue weighted by atomic mass is 35.5. The van der Waals surface area contributed by atoms with E-state index >= 15 is 0 Å². The van der Waals surface area contributed by atoms with Gasteiger partial charge in [0, 0.05) is 16.0 Å². The predicted molar refractivity (Wildman–Crippen MR) is 72.4 cm³/mol. The van der Waals surface area contributed by atoms with Crippen molar-refractivity contribution in [2.45, 2.75) is 0 Å². The zero-order chi connectivity index (χ0) is 12.7. The third-order valence-electron chi connectivity index (χ3n) is 2.79. The molecule has 4 heteroatoms. The molecule has 1 aliphatic rings. The Balaban J connectivity index is 2.10. The van der Waals surface area contributed by atoms with Crippen LogP contribution in [-0.2, 0) is 0 Å². The molecule has 0 fully saturated rings. The summed E-state index contributed by atoms with van der Waals surface area (Å²) in [5.74, 6) is -0.416. The van der Waals surface area contributed by atoms with Gasteiger partial charge >= 0.3 is 0 Å². The number of rotatable bonds is 1. The van der Waals surface area contributed by atoms with Crippen LogP contribution in [0.15, 0.2) is 42.0 Å². The standard InChI is InChI=1S/C14H7ClO2S/c15-12-6-5-8(18-12)7-11-13(16)9-3-1-2-4-10(9)14(11)17/h1-7H. The lowest BCUT2D eigenvalue weighted by Crippen LogP contribution is -1.99. The van der Waals surface area contributed by atoms with Gasteiger partial charge in [-0.25, -0.2) is 0 Å². The number of fused-ring (bicyclic) bond motifs is 1. The molecule has 0 N–H and O–H groups in total. The van der Waals surface area contributed by atoms with E-state index in [1.807, 2.05) is 0 Å². The number of Topliss-reactive ketones (excluding diaryl/α,β-unsaturated/α-hetero) is 2. The molecular weight excluding hydrogens is 268 g/mol. The SMILES string of the molecule is O=C1C(=Cc2ccc(Cl)s2)C(=O)c2ccccc21. The van der Waals surface area contributed by atoms with Gasteiger partial charge in [0.25, 0.3) is 0 Å². The lowest BCUT2D eigenvalue weighted by Gasteiger charge is -1.91. The van der Waals surface area contributed by atoms with E-state index in [1.54, 1.807) is 42.5 Å². The normalized spacial score (nSPS) is 13.9. The summed E-state index contributed by atoms with van der Waals surface area (Å²) in [4.78, 5) is 25.0. The maximum absolute atomic E-state index is 12.1. The molecule has 0 saturated carbocycles. The van der Waals surface area contributed by atoms with Gasteiger partial charge in [0.15, 0.2) is 11.6 Å². The number of thiophene rings is 1. The molecule has 2 nitrogen and oxygen atoms in total. The molecule has 1 aromatic carbocycles. The Morgan fingerprint density at radius 1 is 0.944 bits per heavy atom. The van der Waals surface area contributed by atoms with Gasteiger partial charge in [-0.1, -0.05) is 35.9 Å². The molecule has 18 heavy (non-hydrogen) atoms. The molecule has 88 valence electrons. The van der Waals surface area contributed by atoms with E-state index in [0.29, 0.717) is 15.5 Å². The Labute approximate surface area is 113 Å². The van der Waals surface area contributed by atoms with Crippen molar-refractivity contribution in [1.82, 2.24) is 0 Å². The molecule has 2 aromatic rings. The third kappa shape index (κ3) is 1.72. The second-order valence-electron chi connectivity index (χ2n) is 3.90. The molecule has 0 amide bonds. The van der Waals surface area contributed by atoms with Gasteiger partial charge < -0.3 is 0 Å². The van der Waals surface area contributed by atoms with Crippen molar-refractivity contribution in [3.63, 3.8) is 0 Å². The van der Waals surface area contributed by atoms with E-state index in [9.17, 15) is 9.59 Å². The van der Waals surface area contributed by atoms with E-state index in [2.05, 4.69) is 0 Å². The first-order valence-electron chi connectivity index (χ1n) is 5.32. The van der Waals surface area contributed by atoms with Crippen LogP contribution in [-0.4, -0.2) is 11.6 Å². The minimum Gasteiger partial charge on any atom is -0.288 e. The molecule has 1 aliphatic carbocycles. The highest BCUT2D eigenvalue weighted by Gasteiger charge is 2.32. The maximum atomic E-state index is 12.1. The van der Waals surface area contributed by atoms with Gasteiger partial charge in [-0.2, -0.15) is 0 Å². The summed E-state index contributed by atoms with van der Waals surface area (Å²) in [6.45, 7) is 0. The van der Waals surface area contributed by atoms with E-state index in [4.69, 9.17) is 11.6 Å². The quantitative estimate of drug-likeness (QED) is 0.584. The molecule has 0 spiro atoms. The highest BCUT2D eigenvalue weighted by molar-refractivity contribution is 7.17. The minimum atomic E-state index is -0.208. The van der Waals surface area contributed by atoms with Crippen molar-refractivity contribution < 1.29 is 9.59 Å². The van der Waals surface area contributed by atoms with Crippen LogP contribution in [0.1, 0.15) is 25.6 Å². The van der Waals surface area contributed by atoms with Gasteiger partial charge in [-0.3, -0.25) is 9.59 Å². The zero-order valence-electron chi connectivity index (χ0n) is 9.14. The summed E-state index contributed by atoms with van der Waals surface area (Å²) < 4.78 is 0.636. The Morgan fingerprint density at radius 2 is 1.56 bits per heavy atom. The third-order valence-corrected chi connectivity index (χ3v) is 3.96. The first kappa shape index (κ1) is 11.4. The smallest absolute Gasteiger partial charge is 0.197 e. The number of hydrogen-bond donors (Lipinski definition) is 0. The summed E-state index contributed by atoms with van der Waals surface area (Å²) in [6, 6.07) is 10.4. The Kier molecular flexibility index (Phi) is 2.65.